The average Bonchev–Trinajstić information content (AvgIpc) is 3.67. The number of amides is 2. The fourth-order valence-corrected chi connectivity index (χ4v) is 15.3. The van der Waals surface area contributed by atoms with Crippen LogP contribution in [0.4, 0.5) is 0 Å². The molecule has 2 aromatic carbocycles. The van der Waals surface area contributed by atoms with Crippen molar-refractivity contribution in [3.05, 3.63) is 76.9 Å². The lowest BCUT2D eigenvalue weighted by atomic mass is 9.32. The van der Waals surface area contributed by atoms with Crippen LogP contribution in [0.2, 0.25) is 0 Å². The van der Waals surface area contributed by atoms with Gasteiger partial charge in [-0.15, -0.1) is 0 Å². The van der Waals surface area contributed by atoms with Gasteiger partial charge in [-0.05, 0) is 164 Å². The zero-order chi connectivity index (χ0) is 45.0. The second kappa shape index (κ2) is 17.6. The number of benzene rings is 2. The molecule has 344 valence electrons. The third kappa shape index (κ3) is 8.06. The minimum atomic E-state index is -1.08. The van der Waals surface area contributed by atoms with Crippen molar-refractivity contribution in [2.75, 3.05) is 39.5 Å². The average molecular weight is 866 g/mol. The molecule has 2 amide bonds. The van der Waals surface area contributed by atoms with Crippen LogP contribution in [-0.2, 0) is 22.6 Å². The van der Waals surface area contributed by atoms with E-state index in [9.17, 15) is 24.6 Å². The molecule has 4 unspecified atom stereocenters. The van der Waals surface area contributed by atoms with Crippen LogP contribution in [0.3, 0.4) is 0 Å². The second-order valence-electron chi connectivity index (χ2n) is 22.1. The molecule has 8 rings (SSSR count). The van der Waals surface area contributed by atoms with E-state index < -0.39 is 11.4 Å². The van der Waals surface area contributed by atoms with Crippen molar-refractivity contribution in [3.63, 3.8) is 0 Å². The predicted molar refractivity (Wildman–Crippen MR) is 245 cm³/mol. The molecule has 0 aromatic heterocycles. The molecule has 2 aromatic rings. The molecule has 6 fully saturated rings. The van der Waals surface area contributed by atoms with Crippen molar-refractivity contribution in [1.29, 1.82) is 0 Å². The number of carboxylic acids is 1. The summed E-state index contributed by atoms with van der Waals surface area (Å²) in [6.45, 7) is 24.2. The highest BCUT2D eigenvalue weighted by Crippen LogP contribution is 2.77. The number of carbonyl (C=O) groups is 3. The Hall–Kier alpha value is -3.73. The number of hydrogen-bond acceptors (Lipinski definition) is 7. The van der Waals surface area contributed by atoms with Gasteiger partial charge < -0.3 is 30.3 Å². The van der Waals surface area contributed by atoms with Gasteiger partial charge in [-0.1, -0.05) is 65.0 Å². The summed E-state index contributed by atoms with van der Waals surface area (Å²) < 4.78 is 11.3. The molecule has 1 heterocycles. The summed E-state index contributed by atoms with van der Waals surface area (Å²) in [4.78, 5) is 42.8. The van der Waals surface area contributed by atoms with Gasteiger partial charge in [0.1, 0.15) is 11.3 Å². The molecule has 0 radical (unpaired) electrons. The van der Waals surface area contributed by atoms with Crippen molar-refractivity contribution in [1.82, 2.24) is 15.5 Å². The molecule has 0 spiro atoms. The zero-order valence-electron chi connectivity index (χ0n) is 39.0. The van der Waals surface area contributed by atoms with E-state index in [1.54, 1.807) is 24.3 Å². The fourth-order valence-electron chi connectivity index (χ4n) is 15.3. The summed E-state index contributed by atoms with van der Waals surface area (Å²) in [5.74, 6) is 1.27. The van der Waals surface area contributed by atoms with E-state index in [4.69, 9.17) is 9.47 Å². The summed E-state index contributed by atoms with van der Waals surface area (Å²) in [6, 6.07) is 12.4. The van der Waals surface area contributed by atoms with Crippen LogP contribution in [-0.4, -0.2) is 78.5 Å². The van der Waals surface area contributed by atoms with Crippen molar-refractivity contribution in [3.8, 4) is 5.75 Å². The van der Waals surface area contributed by atoms with E-state index in [1.807, 2.05) is 18.2 Å². The molecule has 5 aliphatic carbocycles. The number of carboxylic acid groups (broad SMARTS) is 1. The van der Waals surface area contributed by atoms with Crippen molar-refractivity contribution in [2.24, 2.45) is 56.7 Å². The second-order valence-corrected chi connectivity index (χ2v) is 22.1. The van der Waals surface area contributed by atoms with Gasteiger partial charge in [-0.2, -0.15) is 0 Å². The Balaban J connectivity index is 0.911. The Morgan fingerprint density at radius 1 is 0.841 bits per heavy atom. The van der Waals surface area contributed by atoms with E-state index in [0.29, 0.717) is 53.7 Å². The first-order chi connectivity index (χ1) is 29.9. The number of aromatic carboxylic acids is 1. The molecule has 6 aliphatic rings. The molecule has 10 atom stereocenters. The van der Waals surface area contributed by atoms with Crippen molar-refractivity contribution in [2.45, 2.75) is 131 Å². The number of fused-ring (bicyclic) bond motifs is 7. The molecule has 1 saturated heterocycles. The minimum absolute atomic E-state index is 0.0699. The first-order valence-corrected chi connectivity index (χ1v) is 24.2. The van der Waals surface area contributed by atoms with Gasteiger partial charge in [-0.25, -0.2) is 4.79 Å². The molecule has 10 nitrogen and oxygen atoms in total. The first-order valence-electron chi connectivity index (χ1n) is 24.2. The maximum atomic E-state index is 14.8. The monoisotopic (exact) mass is 866 g/mol. The van der Waals surface area contributed by atoms with E-state index in [1.165, 1.54) is 18.4 Å². The first kappa shape index (κ1) is 45.8. The quantitative estimate of drug-likeness (QED) is 0.116. The number of morpholine rings is 1. The van der Waals surface area contributed by atoms with Gasteiger partial charge in [0.2, 0.25) is 5.91 Å². The Morgan fingerprint density at radius 2 is 1.59 bits per heavy atom. The van der Waals surface area contributed by atoms with Crippen molar-refractivity contribution < 1.29 is 34.1 Å². The number of hydrogen-bond donors (Lipinski definition) is 4. The molecule has 5 saturated carbocycles. The van der Waals surface area contributed by atoms with Gasteiger partial charge in [-0.3, -0.25) is 14.5 Å². The van der Waals surface area contributed by atoms with Gasteiger partial charge in [0.15, 0.2) is 0 Å². The molecule has 10 heteroatoms. The van der Waals surface area contributed by atoms with Crippen LogP contribution in [0.5, 0.6) is 5.75 Å². The van der Waals surface area contributed by atoms with Crippen molar-refractivity contribution >= 4 is 17.8 Å². The number of allylic oxidation sites excluding steroid dienone is 1. The summed E-state index contributed by atoms with van der Waals surface area (Å²) >= 11 is 0. The number of nitrogens with one attached hydrogen (secondary N) is 2. The minimum Gasteiger partial charge on any atom is -0.493 e. The summed E-state index contributed by atoms with van der Waals surface area (Å²) in [7, 11) is 0. The van der Waals surface area contributed by atoms with Gasteiger partial charge in [0.25, 0.3) is 5.91 Å². The van der Waals surface area contributed by atoms with Gasteiger partial charge >= 0.3 is 5.97 Å². The maximum absolute atomic E-state index is 14.8. The van der Waals surface area contributed by atoms with Crippen LogP contribution in [0.25, 0.3) is 0 Å². The number of carbonyl (C=O) groups excluding carboxylic acids is 2. The van der Waals surface area contributed by atoms with E-state index >= 15 is 0 Å². The predicted octanol–water partition coefficient (Wildman–Crippen LogP) is 9.05. The summed E-state index contributed by atoms with van der Waals surface area (Å²) in [5, 5.41) is 27.5. The lowest BCUT2D eigenvalue weighted by Gasteiger charge is -2.72. The fraction of sp³-hybridized carbons (Fsp3) is 0.679. The molecule has 1 aliphatic heterocycles. The standard InChI is InChI=1S/C53H75N3O7/c1-34(2)38-16-21-53(23-22-51(6)40(45(38)53)13-15-43-50(5)19-18-44(57)49(3,4)42(50)17-20-52(43,51)7)48(61)55-33-35-10-8-11-37(30-35)46(58)54-32-36-12-14-41(39(31-36)47(59)60)63-27-9-24-56-25-28-62-29-26-56/h8,10-12,14,30-31,38,40,42-45,57H,1,9,13,15-29,32-33H2,2-7H3,(H,54,58)(H,55,61)(H,59,60)/t38-,40?,42?,43?,44-,45?,50-,51+,52+,53-/m0/s1. The molecule has 0 bridgehead atoms. The molecule has 4 N–H and O–H groups in total. The van der Waals surface area contributed by atoms with Crippen LogP contribution in [0.15, 0.2) is 54.6 Å². The normalized spacial score (nSPS) is 35.9. The third-order valence-corrected chi connectivity index (χ3v) is 18.8. The summed E-state index contributed by atoms with van der Waals surface area (Å²) in [5.41, 5.74) is 3.26. The molecule has 63 heavy (non-hydrogen) atoms. The molecular weight excluding hydrogens is 791 g/mol. The maximum Gasteiger partial charge on any atom is 0.339 e. The Labute approximate surface area is 376 Å². The lowest BCUT2D eigenvalue weighted by Crippen LogP contribution is -2.67. The van der Waals surface area contributed by atoms with Crippen LogP contribution < -0.4 is 15.4 Å². The lowest BCUT2D eigenvalue weighted by molar-refractivity contribution is -0.246. The third-order valence-electron chi connectivity index (χ3n) is 18.8. The van der Waals surface area contributed by atoms with Gasteiger partial charge in [0.05, 0.1) is 31.3 Å². The van der Waals surface area contributed by atoms with E-state index in [2.05, 4.69) is 63.7 Å². The number of aliphatic hydroxyl groups excluding tert-OH is 1. The SMILES string of the molecule is C=C(C)[C@@H]1CC[C@]2(C(=O)NCc3cccc(C(=O)NCc4ccc(OCCCN5CCOCC5)c(C(=O)O)c4)c3)CC[C@]3(C)C(CCC4[C@@]5(C)CC[C@H](O)C(C)(C)C5CC[C@]43C)C12. The van der Waals surface area contributed by atoms with Crippen LogP contribution in [0.1, 0.15) is 144 Å². The highest BCUT2D eigenvalue weighted by Gasteiger charge is 2.71. The Morgan fingerprint density at radius 3 is 2.33 bits per heavy atom. The number of ether oxygens (including phenoxy) is 2. The summed E-state index contributed by atoms with van der Waals surface area (Å²) in [6.07, 6.45) is 11.1. The van der Waals surface area contributed by atoms with Gasteiger partial charge in [0, 0.05) is 38.3 Å². The van der Waals surface area contributed by atoms with Crippen LogP contribution in [0, 0.1) is 56.7 Å². The highest BCUT2D eigenvalue weighted by molar-refractivity contribution is 5.94. The number of rotatable bonds is 13. The molecular formula is C53H75N3O7. The number of aliphatic hydroxyl groups is 1. The van der Waals surface area contributed by atoms with E-state index in [0.717, 1.165) is 96.2 Å². The largest absolute Gasteiger partial charge is 0.493 e. The zero-order valence-corrected chi connectivity index (χ0v) is 39.0. The number of nitrogens with zero attached hydrogens (tertiary/aromatic N) is 1. The smallest absolute Gasteiger partial charge is 0.339 e. The topological polar surface area (TPSA) is 137 Å². The Kier molecular flexibility index (Phi) is 12.8. The Bertz CT molecular complexity index is 2060. The highest BCUT2D eigenvalue weighted by atomic mass is 16.5. The van der Waals surface area contributed by atoms with E-state index in [-0.39, 0.29) is 57.6 Å². The van der Waals surface area contributed by atoms with Crippen LogP contribution >= 0.6 is 0 Å².